The number of rotatable bonds is 10. The van der Waals surface area contributed by atoms with E-state index in [0.29, 0.717) is 16.6 Å². The van der Waals surface area contributed by atoms with Crippen molar-refractivity contribution in [3.63, 3.8) is 0 Å². The van der Waals surface area contributed by atoms with E-state index in [0.717, 1.165) is 15.4 Å². The van der Waals surface area contributed by atoms with Gasteiger partial charge in [-0.25, -0.2) is 8.42 Å². The van der Waals surface area contributed by atoms with Crippen molar-refractivity contribution in [2.75, 3.05) is 17.4 Å². The fraction of sp³-hybridized carbons (Fsp3) is 0.259. The smallest absolute Gasteiger partial charge is 0.264 e. The molecular formula is C27H29Cl2N3O4S. The molecule has 3 rings (SSSR count). The molecule has 0 spiro atoms. The second kappa shape index (κ2) is 12.4. The first-order valence-corrected chi connectivity index (χ1v) is 13.9. The van der Waals surface area contributed by atoms with Gasteiger partial charge in [0.2, 0.25) is 11.8 Å². The Morgan fingerprint density at radius 3 is 2.24 bits per heavy atom. The summed E-state index contributed by atoms with van der Waals surface area (Å²) in [7, 11) is -4.19. The number of carbonyl (C=O) groups is 2. The maximum Gasteiger partial charge on any atom is 0.264 e. The number of anilines is 1. The van der Waals surface area contributed by atoms with Crippen molar-refractivity contribution in [3.8, 4) is 0 Å². The zero-order valence-corrected chi connectivity index (χ0v) is 23.1. The molecule has 37 heavy (non-hydrogen) atoms. The molecule has 0 fully saturated rings. The maximum atomic E-state index is 13.8. The molecule has 0 saturated carbocycles. The predicted octanol–water partition coefficient (Wildman–Crippen LogP) is 5.05. The van der Waals surface area contributed by atoms with Gasteiger partial charge in [-0.1, -0.05) is 53.5 Å². The molecule has 0 unspecified atom stereocenters. The third-order valence-corrected chi connectivity index (χ3v) is 8.17. The molecule has 0 saturated heterocycles. The normalized spacial score (nSPS) is 12.0. The van der Waals surface area contributed by atoms with Crippen LogP contribution in [0.2, 0.25) is 10.0 Å². The SMILES string of the molecule is CCNC(=O)[C@H](C)N(Cc1ccccc1C)C(=O)CN(c1cccc(Cl)c1)S(=O)(=O)c1ccc(Cl)cc1. The molecule has 0 aliphatic heterocycles. The highest BCUT2D eigenvalue weighted by atomic mass is 35.5. The molecule has 0 aliphatic rings. The number of carbonyl (C=O) groups excluding carboxylic acids is 2. The molecule has 0 bridgehead atoms. The van der Waals surface area contributed by atoms with Gasteiger partial charge in [-0.15, -0.1) is 0 Å². The van der Waals surface area contributed by atoms with E-state index >= 15 is 0 Å². The van der Waals surface area contributed by atoms with E-state index in [1.54, 1.807) is 32.0 Å². The Morgan fingerprint density at radius 2 is 1.62 bits per heavy atom. The van der Waals surface area contributed by atoms with Crippen LogP contribution in [0.4, 0.5) is 5.69 Å². The molecule has 0 heterocycles. The summed E-state index contributed by atoms with van der Waals surface area (Å²) in [5, 5.41) is 3.43. The quantitative estimate of drug-likeness (QED) is 0.375. The molecule has 2 amide bonds. The van der Waals surface area contributed by atoms with Crippen LogP contribution in [0.5, 0.6) is 0 Å². The Balaban J connectivity index is 2.04. The number of likely N-dealkylation sites (N-methyl/N-ethyl adjacent to an activating group) is 1. The minimum atomic E-state index is -4.19. The highest BCUT2D eigenvalue weighted by Crippen LogP contribution is 2.27. The Hall–Kier alpha value is -3.07. The fourth-order valence-electron chi connectivity index (χ4n) is 3.77. The molecule has 1 N–H and O–H groups in total. The highest BCUT2D eigenvalue weighted by Gasteiger charge is 2.32. The van der Waals surface area contributed by atoms with E-state index in [2.05, 4.69) is 5.32 Å². The number of aryl methyl sites for hydroxylation is 1. The number of nitrogens with zero attached hydrogens (tertiary/aromatic N) is 2. The van der Waals surface area contributed by atoms with Crippen molar-refractivity contribution in [1.82, 2.24) is 10.2 Å². The Labute approximate surface area is 228 Å². The second-order valence-corrected chi connectivity index (χ2v) is 11.2. The van der Waals surface area contributed by atoms with Crippen LogP contribution in [0.1, 0.15) is 25.0 Å². The lowest BCUT2D eigenvalue weighted by Crippen LogP contribution is -2.51. The molecule has 10 heteroatoms. The van der Waals surface area contributed by atoms with Crippen LogP contribution in [-0.4, -0.2) is 44.3 Å². The standard InChI is InChI=1S/C27H29Cl2N3O4S/c1-4-30-27(34)20(3)31(17-21-9-6-5-8-19(21)2)26(33)18-32(24-11-7-10-23(29)16-24)37(35,36)25-14-12-22(28)13-15-25/h5-16,20H,4,17-18H2,1-3H3,(H,30,34)/t20-/m0/s1. The monoisotopic (exact) mass is 561 g/mol. The molecule has 3 aromatic rings. The average Bonchev–Trinajstić information content (AvgIpc) is 2.86. The van der Waals surface area contributed by atoms with Crippen LogP contribution in [-0.2, 0) is 26.2 Å². The van der Waals surface area contributed by atoms with Crippen molar-refractivity contribution >= 4 is 50.7 Å². The summed E-state index contributed by atoms with van der Waals surface area (Å²) in [6.45, 7) is 5.32. The first-order valence-electron chi connectivity index (χ1n) is 11.7. The Morgan fingerprint density at radius 1 is 0.946 bits per heavy atom. The minimum Gasteiger partial charge on any atom is -0.355 e. The lowest BCUT2D eigenvalue weighted by Gasteiger charge is -2.32. The zero-order chi connectivity index (χ0) is 27.2. The largest absolute Gasteiger partial charge is 0.355 e. The fourth-order valence-corrected chi connectivity index (χ4v) is 5.49. The summed E-state index contributed by atoms with van der Waals surface area (Å²) >= 11 is 12.1. The molecule has 0 radical (unpaired) electrons. The van der Waals surface area contributed by atoms with Crippen LogP contribution in [0, 0.1) is 6.92 Å². The Bertz CT molecular complexity index is 1360. The molecule has 7 nitrogen and oxygen atoms in total. The third kappa shape index (κ3) is 7.03. The predicted molar refractivity (Wildman–Crippen MR) is 147 cm³/mol. The van der Waals surface area contributed by atoms with Gasteiger partial charge in [-0.3, -0.25) is 13.9 Å². The van der Waals surface area contributed by atoms with Gasteiger partial charge in [0, 0.05) is 23.1 Å². The molecular weight excluding hydrogens is 533 g/mol. The lowest BCUT2D eigenvalue weighted by molar-refractivity contribution is -0.139. The van der Waals surface area contributed by atoms with Gasteiger partial charge in [0.25, 0.3) is 10.0 Å². The molecule has 1 atom stereocenters. The average molecular weight is 563 g/mol. The molecule has 0 aromatic heterocycles. The number of halogens is 2. The lowest BCUT2D eigenvalue weighted by atomic mass is 10.1. The molecule has 3 aromatic carbocycles. The van der Waals surface area contributed by atoms with Gasteiger partial charge in [-0.05, 0) is 74.4 Å². The van der Waals surface area contributed by atoms with Crippen LogP contribution in [0.25, 0.3) is 0 Å². The van der Waals surface area contributed by atoms with E-state index in [-0.39, 0.29) is 23.0 Å². The topological polar surface area (TPSA) is 86.8 Å². The summed E-state index contributed by atoms with van der Waals surface area (Å²) in [6.07, 6.45) is 0. The van der Waals surface area contributed by atoms with E-state index in [4.69, 9.17) is 23.2 Å². The van der Waals surface area contributed by atoms with Crippen molar-refractivity contribution in [2.24, 2.45) is 0 Å². The van der Waals surface area contributed by atoms with Crippen molar-refractivity contribution in [2.45, 2.75) is 38.3 Å². The summed E-state index contributed by atoms with van der Waals surface area (Å²) in [4.78, 5) is 27.9. The van der Waals surface area contributed by atoms with Crippen LogP contribution < -0.4 is 9.62 Å². The van der Waals surface area contributed by atoms with E-state index < -0.39 is 28.5 Å². The summed E-state index contributed by atoms with van der Waals surface area (Å²) in [5.74, 6) is -0.876. The zero-order valence-electron chi connectivity index (χ0n) is 20.8. The first-order chi connectivity index (χ1) is 17.5. The third-order valence-electron chi connectivity index (χ3n) is 5.90. The number of benzene rings is 3. The second-order valence-electron chi connectivity index (χ2n) is 8.46. The molecule has 196 valence electrons. The Kier molecular flexibility index (Phi) is 9.59. The van der Waals surface area contributed by atoms with Crippen molar-refractivity contribution < 1.29 is 18.0 Å². The number of hydrogen-bond donors (Lipinski definition) is 1. The summed E-state index contributed by atoms with van der Waals surface area (Å²) < 4.78 is 28.4. The number of hydrogen-bond acceptors (Lipinski definition) is 4. The van der Waals surface area contributed by atoms with Gasteiger partial charge in [0.1, 0.15) is 12.6 Å². The first kappa shape index (κ1) is 28.5. The highest BCUT2D eigenvalue weighted by molar-refractivity contribution is 7.92. The van der Waals surface area contributed by atoms with E-state index in [9.17, 15) is 18.0 Å². The summed E-state index contributed by atoms with van der Waals surface area (Å²) in [6, 6.07) is 18.6. The van der Waals surface area contributed by atoms with E-state index in [1.165, 1.54) is 35.2 Å². The summed E-state index contributed by atoms with van der Waals surface area (Å²) in [5.41, 5.74) is 2.02. The van der Waals surface area contributed by atoms with Gasteiger partial charge in [0.05, 0.1) is 10.6 Å². The number of amides is 2. The number of sulfonamides is 1. The van der Waals surface area contributed by atoms with Crippen LogP contribution in [0.3, 0.4) is 0 Å². The van der Waals surface area contributed by atoms with Gasteiger partial charge < -0.3 is 10.2 Å². The van der Waals surface area contributed by atoms with Crippen LogP contribution >= 0.6 is 23.2 Å². The van der Waals surface area contributed by atoms with Crippen molar-refractivity contribution in [3.05, 3.63) is 94.0 Å². The van der Waals surface area contributed by atoms with Gasteiger partial charge in [0.15, 0.2) is 0 Å². The van der Waals surface area contributed by atoms with E-state index in [1.807, 2.05) is 31.2 Å². The van der Waals surface area contributed by atoms with Crippen LogP contribution in [0.15, 0.2) is 77.7 Å². The van der Waals surface area contributed by atoms with Gasteiger partial charge >= 0.3 is 0 Å². The number of nitrogens with one attached hydrogen (secondary N) is 1. The molecule has 0 aliphatic carbocycles. The maximum absolute atomic E-state index is 13.8. The minimum absolute atomic E-state index is 0.0353. The van der Waals surface area contributed by atoms with Crippen molar-refractivity contribution in [1.29, 1.82) is 0 Å². The van der Waals surface area contributed by atoms with Gasteiger partial charge in [-0.2, -0.15) is 0 Å².